The summed E-state index contributed by atoms with van der Waals surface area (Å²) in [5.74, 6) is -0.957. The van der Waals surface area contributed by atoms with Crippen molar-refractivity contribution in [3.63, 3.8) is 0 Å². The molecule has 0 aromatic rings. The van der Waals surface area contributed by atoms with Crippen molar-refractivity contribution in [1.82, 2.24) is 0 Å². The maximum atomic E-state index is 10.1. The molecule has 0 aromatic carbocycles. The summed E-state index contributed by atoms with van der Waals surface area (Å²) in [4.78, 5) is 10.1. The Labute approximate surface area is 49.5 Å². The topological polar surface area (TPSA) is 37.3 Å². The minimum Gasteiger partial charge on any atom is -0.481 e. The van der Waals surface area contributed by atoms with E-state index in [0.717, 1.165) is 0 Å². The summed E-state index contributed by atoms with van der Waals surface area (Å²) in [5, 5.41) is 8.29. The first-order valence-corrected chi connectivity index (χ1v) is 2.70. The smallest absolute Gasteiger partial charge is 0.306 e. The van der Waals surface area contributed by atoms with E-state index in [1.165, 1.54) is 0 Å². The molecule has 0 saturated heterocycles. The molecule has 0 rings (SSSR count). The quantitative estimate of drug-likeness (QED) is 0.602. The van der Waals surface area contributed by atoms with Gasteiger partial charge in [-0.2, -0.15) is 0 Å². The summed E-state index contributed by atoms with van der Waals surface area (Å²) >= 11 is 0. The van der Waals surface area contributed by atoms with Crippen LogP contribution in [-0.2, 0) is 4.79 Å². The standard InChI is InChI=1S/C6H11O2/c1-3-4-5(2)6(7)8/h5H,1,3-4H2,2H3,(H,7,8). The van der Waals surface area contributed by atoms with Crippen LogP contribution < -0.4 is 0 Å². The van der Waals surface area contributed by atoms with Crippen molar-refractivity contribution < 1.29 is 9.90 Å². The molecule has 1 unspecified atom stereocenters. The van der Waals surface area contributed by atoms with Gasteiger partial charge in [-0.3, -0.25) is 4.79 Å². The molecule has 0 heterocycles. The lowest BCUT2D eigenvalue weighted by molar-refractivity contribution is -0.141. The van der Waals surface area contributed by atoms with Crippen molar-refractivity contribution >= 4 is 5.97 Å². The molecule has 0 aliphatic carbocycles. The predicted molar refractivity (Wildman–Crippen MR) is 31.4 cm³/mol. The third-order valence-electron chi connectivity index (χ3n) is 1.06. The number of hydrogen-bond donors (Lipinski definition) is 1. The highest BCUT2D eigenvalue weighted by atomic mass is 16.4. The van der Waals surface area contributed by atoms with E-state index in [1.54, 1.807) is 6.92 Å². The molecule has 8 heavy (non-hydrogen) atoms. The summed E-state index contributed by atoms with van der Waals surface area (Å²) in [6.07, 6.45) is 1.38. The highest BCUT2D eigenvalue weighted by Crippen LogP contribution is 2.02. The molecule has 1 atom stereocenters. The second-order valence-electron chi connectivity index (χ2n) is 1.88. The zero-order valence-corrected chi connectivity index (χ0v) is 5.05. The third-order valence-corrected chi connectivity index (χ3v) is 1.06. The maximum Gasteiger partial charge on any atom is 0.306 e. The Morgan fingerprint density at radius 3 is 2.50 bits per heavy atom. The number of carbonyl (C=O) groups is 1. The van der Waals surface area contributed by atoms with Gasteiger partial charge in [0.25, 0.3) is 0 Å². The second-order valence-corrected chi connectivity index (χ2v) is 1.88. The van der Waals surface area contributed by atoms with Crippen LogP contribution in [0.4, 0.5) is 0 Å². The van der Waals surface area contributed by atoms with Gasteiger partial charge in [-0.15, -0.1) is 0 Å². The lowest BCUT2D eigenvalue weighted by Gasteiger charge is -1.99. The van der Waals surface area contributed by atoms with Gasteiger partial charge in [-0.1, -0.05) is 20.3 Å². The van der Waals surface area contributed by atoms with Gasteiger partial charge in [0.2, 0.25) is 0 Å². The van der Waals surface area contributed by atoms with Crippen LogP contribution in [-0.4, -0.2) is 11.1 Å². The molecule has 2 heteroatoms. The van der Waals surface area contributed by atoms with Gasteiger partial charge in [-0.05, 0) is 6.42 Å². The molecule has 0 spiro atoms. The first-order chi connectivity index (χ1) is 3.68. The fraction of sp³-hybridized carbons (Fsp3) is 0.667. The van der Waals surface area contributed by atoms with Crippen LogP contribution in [0.15, 0.2) is 0 Å². The Kier molecular flexibility index (Phi) is 3.24. The molecular weight excluding hydrogens is 104 g/mol. The minimum absolute atomic E-state index is 0.229. The van der Waals surface area contributed by atoms with E-state index < -0.39 is 5.97 Å². The zero-order chi connectivity index (χ0) is 6.57. The summed E-state index contributed by atoms with van der Waals surface area (Å²) in [7, 11) is 0. The molecule has 1 radical (unpaired) electrons. The van der Waals surface area contributed by atoms with Crippen molar-refractivity contribution in [2.75, 3.05) is 0 Å². The van der Waals surface area contributed by atoms with E-state index in [4.69, 9.17) is 5.11 Å². The molecule has 0 bridgehead atoms. The van der Waals surface area contributed by atoms with Gasteiger partial charge in [-0.25, -0.2) is 0 Å². The highest BCUT2D eigenvalue weighted by molar-refractivity contribution is 5.69. The lowest BCUT2D eigenvalue weighted by atomic mass is 10.1. The van der Waals surface area contributed by atoms with Gasteiger partial charge in [0.05, 0.1) is 5.92 Å². The molecule has 1 N–H and O–H groups in total. The monoisotopic (exact) mass is 115 g/mol. The number of carboxylic acids is 1. The van der Waals surface area contributed by atoms with Crippen molar-refractivity contribution in [2.45, 2.75) is 19.8 Å². The van der Waals surface area contributed by atoms with Crippen LogP contribution >= 0.6 is 0 Å². The zero-order valence-electron chi connectivity index (χ0n) is 5.05. The minimum atomic E-state index is -0.728. The van der Waals surface area contributed by atoms with E-state index in [2.05, 4.69) is 6.92 Å². The summed E-state index contributed by atoms with van der Waals surface area (Å²) < 4.78 is 0. The fourth-order valence-corrected chi connectivity index (χ4v) is 0.430. The molecule has 0 saturated carbocycles. The van der Waals surface area contributed by atoms with Gasteiger partial charge in [0.1, 0.15) is 0 Å². The first-order valence-electron chi connectivity index (χ1n) is 2.70. The van der Waals surface area contributed by atoms with E-state index in [9.17, 15) is 4.79 Å². The van der Waals surface area contributed by atoms with Crippen LogP contribution in [0.1, 0.15) is 19.8 Å². The fourth-order valence-electron chi connectivity index (χ4n) is 0.430. The number of hydrogen-bond acceptors (Lipinski definition) is 1. The van der Waals surface area contributed by atoms with Crippen LogP contribution in [0, 0.1) is 12.8 Å². The van der Waals surface area contributed by atoms with Crippen molar-refractivity contribution in [3.8, 4) is 0 Å². The number of carboxylic acid groups (broad SMARTS) is 1. The van der Waals surface area contributed by atoms with E-state index in [0.29, 0.717) is 12.8 Å². The van der Waals surface area contributed by atoms with Crippen molar-refractivity contribution in [1.29, 1.82) is 0 Å². The molecule has 0 amide bonds. The van der Waals surface area contributed by atoms with Gasteiger partial charge in [0, 0.05) is 0 Å². The lowest BCUT2D eigenvalue weighted by Crippen LogP contribution is -2.08. The van der Waals surface area contributed by atoms with E-state index in [1.807, 2.05) is 0 Å². The molecule has 0 aliphatic rings. The molecule has 0 aliphatic heterocycles. The van der Waals surface area contributed by atoms with Crippen LogP contribution in [0.25, 0.3) is 0 Å². The Bertz CT molecular complexity index is 78.6. The molecule has 0 fully saturated rings. The van der Waals surface area contributed by atoms with E-state index >= 15 is 0 Å². The predicted octanol–water partition coefficient (Wildman–Crippen LogP) is 1.32. The maximum absolute atomic E-state index is 10.1. The van der Waals surface area contributed by atoms with Crippen LogP contribution in [0.5, 0.6) is 0 Å². The third kappa shape index (κ3) is 2.61. The van der Waals surface area contributed by atoms with Crippen LogP contribution in [0.2, 0.25) is 0 Å². The molecule has 2 nitrogen and oxygen atoms in total. The molecular formula is C6H11O2. The van der Waals surface area contributed by atoms with Gasteiger partial charge in [0.15, 0.2) is 0 Å². The average molecular weight is 115 g/mol. The molecule has 47 valence electrons. The summed E-state index contributed by atoms with van der Waals surface area (Å²) in [6, 6.07) is 0. The van der Waals surface area contributed by atoms with E-state index in [-0.39, 0.29) is 5.92 Å². The molecule has 0 aromatic heterocycles. The first kappa shape index (κ1) is 7.47. The van der Waals surface area contributed by atoms with Gasteiger partial charge < -0.3 is 5.11 Å². The average Bonchev–Trinajstić information content (AvgIpc) is 1.67. The summed E-state index contributed by atoms with van der Waals surface area (Å²) in [5.41, 5.74) is 0. The Morgan fingerprint density at radius 2 is 2.38 bits per heavy atom. The normalized spacial score (nSPS) is 13.2. The Morgan fingerprint density at radius 1 is 1.88 bits per heavy atom. The van der Waals surface area contributed by atoms with Crippen molar-refractivity contribution in [3.05, 3.63) is 6.92 Å². The van der Waals surface area contributed by atoms with Crippen molar-refractivity contribution in [2.24, 2.45) is 5.92 Å². The number of rotatable bonds is 3. The Hall–Kier alpha value is -0.530. The SMILES string of the molecule is [CH2]CCC(C)C(=O)O. The number of aliphatic carboxylic acids is 1. The van der Waals surface area contributed by atoms with Gasteiger partial charge >= 0.3 is 5.97 Å². The Balaban J connectivity index is 3.32. The van der Waals surface area contributed by atoms with Crippen LogP contribution in [0.3, 0.4) is 0 Å². The second kappa shape index (κ2) is 3.47. The summed E-state index contributed by atoms with van der Waals surface area (Å²) in [6.45, 7) is 5.23. The highest BCUT2D eigenvalue weighted by Gasteiger charge is 2.07. The largest absolute Gasteiger partial charge is 0.481 e.